The minimum Gasteiger partial charge on any atom is -0.369 e. The lowest BCUT2D eigenvalue weighted by atomic mass is 10.2. The maximum atomic E-state index is 13.1. The topological polar surface area (TPSA) is 48.5 Å². The number of anilines is 1. The Morgan fingerprint density at radius 3 is 2.48 bits per heavy atom. The molecule has 1 aliphatic rings. The molecule has 29 heavy (non-hydrogen) atoms. The van der Waals surface area contributed by atoms with E-state index in [2.05, 4.69) is 20.1 Å². The van der Waals surface area contributed by atoms with Crippen molar-refractivity contribution in [3.05, 3.63) is 71.5 Å². The highest BCUT2D eigenvalue weighted by atomic mass is 32.1. The number of carbonyl (C=O) groups excluding carboxylic acids is 1. The van der Waals surface area contributed by atoms with E-state index in [-0.39, 0.29) is 11.7 Å². The van der Waals surface area contributed by atoms with Gasteiger partial charge in [-0.3, -0.25) is 9.69 Å². The highest BCUT2D eigenvalue weighted by Gasteiger charge is 2.17. The highest BCUT2D eigenvalue weighted by molar-refractivity contribution is 7.13. The molecule has 0 bridgehead atoms. The minimum absolute atomic E-state index is 0.131. The normalized spacial score (nSPS) is 14.7. The monoisotopic (exact) mass is 410 g/mol. The summed E-state index contributed by atoms with van der Waals surface area (Å²) in [6, 6.07) is 16.5. The number of benzene rings is 2. The van der Waals surface area contributed by atoms with Crippen LogP contribution in [0, 0.1) is 5.82 Å². The molecule has 1 aromatic heterocycles. The van der Waals surface area contributed by atoms with Crippen molar-refractivity contribution in [2.24, 2.45) is 0 Å². The van der Waals surface area contributed by atoms with Gasteiger partial charge in [0.05, 0.1) is 0 Å². The van der Waals surface area contributed by atoms with E-state index in [0.717, 1.165) is 49.0 Å². The molecule has 1 fully saturated rings. The van der Waals surface area contributed by atoms with E-state index in [1.54, 1.807) is 5.38 Å². The van der Waals surface area contributed by atoms with Crippen LogP contribution in [0.4, 0.5) is 10.1 Å². The van der Waals surface area contributed by atoms with Crippen molar-refractivity contribution in [2.75, 3.05) is 44.2 Å². The number of rotatable bonds is 6. The summed E-state index contributed by atoms with van der Waals surface area (Å²) in [5.41, 5.74) is 2.54. The Morgan fingerprint density at radius 2 is 1.76 bits per heavy atom. The van der Waals surface area contributed by atoms with Crippen LogP contribution in [0.1, 0.15) is 10.5 Å². The van der Waals surface area contributed by atoms with Crippen molar-refractivity contribution in [3.63, 3.8) is 0 Å². The molecule has 0 aliphatic carbocycles. The fourth-order valence-electron chi connectivity index (χ4n) is 3.39. The van der Waals surface area contributed by atoms with Gasteiger partial charge in [-0.25, -0.2) is 9.37 Å². The van der Waals surface area contributed by atoms with Gasteiger partial charge in [0.1, 0.15) is 16.5 Å². The molecular weight excluding hydrogens is 387 g/mol. The maximum Gasteiger partial charge on any atom is 0.270 e. The summed E-state index contributed by atoms with van der Waals surface area (Å²) >= 11 is 1.48. The Balaban J connectivity index is 1.21. The van der Waals surface area contributed by atoms with Crippen LogP contribution in [0.15, 0.2) is 60.0 Å². The molecule has 0 saturated carbocycles. The summed E-state index contributed by atoms with van der Waals surface area (Å²) in [4.78, 5) is 21.4. The van der Waals surface area contributed by atoms with Crippen LogP contribution < -0.4 is 10.2 Å². The number of amides is 1. The molecule has 0 radical (unpaired) electrons. The van der Waals surface area contributed by atoms with Crippen LogP contribution in [0.5, 0.6) is 0 Å². The number of nitrogens with one attached hydrogen (secondary N) is 1. The molecule has 0 spiro atoms. The number of thiazole rings is 1. The van der Waals surface area contributed by atoms with Gasteiger partial charge in [0.15, 0.2) is 0 Å². The third-order valence-electron chi connectivity index (χ3n) is 5.04. The number of carbonyl (C=O) groups is 1. The lowest BCUT2D eigenvalue weighted by molar-refractivity contribution is 0.0943. The largest absolute Gasteiger partial charge is 0.369 e. The van der Waals surface area contributed by atoms with Crippen molar-refractivity contribution in [1.82, 2.24) is 15.2 Å². The Kier molecular flexibility index (Phi) is 6.17. The van der Waals surface area contributed by atoms with Crippen LogP contribution >= 0.6 is 11.3 Å². The van der Waals surface area contributed by atoms with Gasteiger partial charge in [0.2, 0.25) is 0 Å². The van der Waals surface area contributed by atoms with Gasteiger partial charge in [-0.2, -0.15) is 0 Å². The average molecular weight is 411 g/mol. The van der Waals surface area contributed by atoms with Gasteiger partial charge in [0.25, 0.3) is 5.91 Å². The van der Waals surface area contributed by atoms with Gasteiger partial charge < -0.3 is 10.2 Å². The number of nitrogens with zero attached hydrogens (tertiary/aromatic N) is 3. The van der Waals surface area contributed by atoms with E-state index >= 15 is 0 Å². The summed E-state index contributed by atoms with van der Waals surface area (Å²) in [6.45, 7) is 5.02. The second kappa shape index (κ2) is 9.15. The highest BCUT2D eigenvalue weighted by Crippen LogP contribution is 2.23. The van der Waals surface area contributed by atoms with Crippen LogP contribution in [0.25, 0.3) is 10.6 Å². The molecule has 5 nitrogen and oxygen atoms in total. The van der Waals surface area contributed by atoms with Gasteiger partial charge in [-0.1, -0.05) is 30.3 Å². The summed E-state index contributed by atoms with van der Waals surface area (Å²) in [5, 5.41) is 5.63. The van der Waals surface area contributed by atoms with Crippen molar-refractivity contribution < 1.29 is 9.18 Å². The first-order chi connectivity index (χ1) is 14.2. The van der Waals surface area contributed by atoms with Crippen LogP contribution in [0.3, 0.4) is 0 Å². The number of piperazine rings is 1. The zero-order valence-electron chi connectivity index (χ0n) is 16.1. The van der Waals surface area contributed by atoms with E-state index in [0.29, 0.717) is 12.2 Å². The third-order valence-corrected chi connectivity index (χ3v) is 5.93. The quantitative estimate of drug-likeness (QED) is 0.676. The summed E-state index contributed by atoms with van der Waals surface area (Å²) in [7, 11) is 0. The van der Waals surface area contributed by atoms with Gasteiger partial charge in [-0.15, -0.1) is 11.3 Å². The molecule has 4 rings (SSSR count). The summed E-state index contributed by atoms with van der Waals surface area (Å²) < 4.78 is 13.1. The predicted octanol–water partition coefficient (Wildman–Crippen LogP) is 3.50. The molecule has 1 N–H and O–H groups in total. The fraction of sp³-hybridized carbons (Fsp3) is 0.273. The average Bonchev–Trinajstić information content (AvgIpc) is 3.26. The first-order valence-electron chi connectivity index (χ1n) is 9.71. The molecule has 0 unspecified atom stereocenters. The Bertz CT molecular complexity index is 937. The van der Waals surface area contributed by atoms with Gasteiger partial charge in [-0.05, 0) is 24.3 Å². The second-order valence-corrected chi connectivity index (χ2v) is 7.82. The van der Waals surface area contributed by atoms with Crippen LogP contribution in [0.2, 0.25) is 0 Å². The summed E-state index contributed by atoms with van der Waals surface area (Å²) in [6.07, 6.45) is 0. The number of hydrogen-bond donors (Lipinski definition) is 1. The number of halogens is 1. The lowest BCUT2D eigenvalue weighted by Gasteiger charge is -2.36. The SMILES string of the molecule is O=C(NCCN1CCN(c2ccc(F)cc2)CC1)c1csc(-c2ccccc2)n1. The lowest BCUT2D eigenvalue weighted by Crippen LogP contribution is -2.48. The zero-order valence-corrected chi connectivity index (χ0v) is 16.9. The smallest absolute Gasteiger partial charge is 0.270 e. The van der Waals surface area contributed by atoms with Crippen molar-refractivity contribution in [3.8, 4) is 10.6 Å². The maximum absolute atomic E-state index is 13.1. The predicted molar refractivity (Wildman–Crippen MR) is 115 cm³/mol. The van der Waals surface area contributed by atoms with E-state index in [1.165, 1.54) is 23.5 Å². The molecule has 1 amide bonds. The van der Waals surface area contributed by atoms with E-state index in [9.17, 15) is 9.18 Å². The van der Waals surface area contributed by atoms with Gasteiger partial charge in [0, 0.05) is 55.9 Å². The molecule has 0 atom stereocenters. The van der Waals surface area contributed by atoms with Gasteiger partial charge >= 0.3 is 0 Å². The first-order valence-corrected chi connectivity index (χ1v) is 10.6. The number of hydrogen-bond acceptors (Lipinski definition) is 5. The Labute approximate surface area is 173 Å². The fourth-order valence-corrected chi connectivity index (χ4v) is 4.20. The standard InChI is InChI=1S/C22H23FN4OS/c23-18-6-8-19(9-7-18)27-14-12-26(13-15-27)11-10-24-21(28)20-16-29-22(25-20)17-4-2-1-3-5-17/h1-9,16H,10-15H2,(H,24,28). The first kappa shape index (κ1) is 19.5. The van der Waals surface area contributed by atoms with Crippen molar-refractivity contribution in [2.45, 2.75) is 0 Å². The molecule has 1 aliphatic heterocycles. The molecule has 3 aromatic rings. The second-order valence-electron chi connectivity index (χ2n) is 6.96. The Hall–Kier alpha value is -2.77. The van der Waals surface area contributed by atoms with Crippen molar-refractivity contribution >= 4 is 22.9 Å². The Morgan fingerprint density at radius 1 is 1.03 bits per heavy atom. The number of aromatic nitrogens is 1. The molecule has 7 heteroatoms. The van der Waals surface area contributed by atoms with Crippen LogP contribution in [-0.4, -0.2) is 55.1 Å². The molecule has 2 heterocycles. The zero-order chi connectivity index (χ0) is 20.1. The molecule has 150 valence electrons. The van der Waals surface area contributed by atoms with E-state index in [1.807, 2.05) is 42.5 Å². The third kappa shape index (κ3) is 4.99. The van der Waals surface area contributed by atoms with E-state index in [4.69, 9.17) is 0 Å². The van der Waals surface area contributed by atoms with Crippen molar-refractivity contribution in [1.29, 1.82) is 0 Å². The molecule has 1 saturated heterocycles. The molecule has 2 aromatic carbocycles. The summed E-state index contributed by atoms with van der Waals surface area (Å²) in [5.74, 6) is -0.340. The minimum atomic E-state index is -0.209. The molecular formula is C22H23FN4OS. The van der Waals surface area contributed by atoms with E-state index < -0.39 is 0 Å². The van der Waals surface area contributed by atoms with Crippen LogP contribution in [-0.2, 0) is 0 Å².